The van der Waals surface area contributed by atoms with Gasteiger partial charge < -0.3 is 25.1 Å². The third-order valence-electron chi connectivity index (χ3n) is 4.70. The lowest BCUT2D eigenvalue weighted by Gasteiger charge is -2.17. The number of aryl methyl sites for hydroxylation is 1. The first-order valence-electron chi connectivity index (χ1n) is 10.6. The van der Waals surface area contributed by atoms with Crippen LogP contribution in [0.1, 0.15) is 48.6 Å². The minimum atomic E-state index is -1.77. The second-order valence-corrected chi connectivity index (χ2v) is 7.63. The number of nitrogens with zero attached hydrogens (tertiary/aromatic N) is 3. The fourth-order valence-electron chi connectivity index (χ4n) is 3.25. The van der Waals surface area contributed by atoms with Crippen LogP contribution in [-0.2, 0) is 17.7 Å². The van der Waals surface area contributed by atoms with Crippen molar-refractivity contribution < 1.29 is 18.5 Å². The lowest BCUT2D eigenvalue weighted by molar-refractivity contribution is 0.0790. The van der Waals surface area contributed by atoms with Gasteiger partial charge in [-0.25, -0.2) is 4.21 Å². The molecule has 2 aliphatic rings. The topological polar surface area (TPSA) is 120 Å². The van der Waals surface area contributed by atoms with Crippen LogP contribution in [0.2, 0.25) is 0 Å². The Morgan fingerprint density at radius 2 is 1.82 bits per heavy atom. The first kappa shape index (κ1) is 25.7. The average Bonchev–Trinajstić information content (AvgIpc) is 3.58. The molecule has 0 radical (unpaired) electrons. The van der Waals surface area contributed by atoms with Crippen LogP contribution in [-0.4, -0.2) is 44.9 Å². The van der Waals surface area contributed by atoms with Gasteiger partial charge in [0.05, 0.1) is 17.8 Å². The molecular formula is C23H29N5O4S. The Balaban J connectivity index is 0.000000914. The van der Waals surface area contributed by atoms with Crippen LogP contribution in [0.4, 0.5) is 5.69 Å². The zero-order valence-corrected chi connectivity index (χ0v) is 19.8. The number of hydrogen-bond donors (Lipinski definition) is 3. The molecule has 1 atom stereocenters. The van der Waals surface area contributed by atoms with Gasteiger partial charge in [-0.15, -0.1) is 21.6 Å². The number of carbonyl (C=O) groups excluding carboxylic acids is 1. The number of terminal acetylenes is 1. The fourth-order valence-corrected chi connectivity index (χ4v) is 3.88. The van der Waals surface area contributed by atoms with E-state index < -0.39 is 11.2 Å². The SMILES string of the molecule is C#C.CC.Cc1ccc(CNC2=NS(=O)N=C2Nc2cccc(C(=O)N3CCCC3)c2O)o1. The molecule has 176 valence electrons. The Kier molecular flexibility index (Phi) is 9.69. The van der Waals surface area contributed by atoms with Crippen LogP contribution in [0.3, 0.4) is 0 Å². The van der Waals surface area contributed by atoms with Gasteiger partial charge >= 0.3 is 0 Å². The highest BCUT2D eigenvalue weighted by Crippen LogP contribution is 2.29. The normalized spacial score (nSPS) is 16.5. The van der Waals surface area contributed by atoms with Crippen molar-refractivity contribution in [1.29, 1.82) is 0 Å². The summed E-state index contributed by atoms with van der Waals surface area (Å²) in [4.78, 5) is 14.4. The molecule has 0 aliphatic carbocycles. The Labute approximate surface area is 196 Å². The van der Waals surface area contributed by atoms with Gasteiger partial charge in [-0.05, 0) is 44.0 Å². The van der Waals surface area contributed by atoms with E-state index in [4.69, 9.17) is 4.42 Å². The van der Waals surface area contributed by atoms with E-state index in [2.05, 4.69) is 32.3 Å². The maximum absolute atomic E-state index is 12.6. The number of carbonyl (C=O) groups is 1. The maximum Gasteiger partial charge on any atom is 0.269 e. The molecule has 0 spiro atoms. The van der Waals surface area contributed by atoms with E-state index in [1.54, 1.807) is 23.1 Å². The average molecular weight is 472 g/mol. The highest BCUT2D eigenvalue weighted by atomic mass is 32.2. The summed E-state index contributed by atoms with van der Waals surface area (Å²) in [6, 6.07) is 8.56. The number of furan rings is 1. The standard InChI is InChI=1S/C19H21N5O4S.C2H6.C2H2/c1-12-7-8-13(28-12)11-20-17-18(23-29(27)22-17)21-15-6-4-5-14(16(15)25)19(26)24-9-2-3-10-24;2*1-2/h4-8,25H,2-3,9-11H2,1H3,(H,20,22)(H,21,23);1-2H3;1-2H. The van der Waals surface area contributed by atoms with Gasteiger partial charge in [-0.1, -0.05) is 19.9 Å². The van der Waals surface area contributed by atoms with Crippen LogP contribution < -0.4 is 10.6 Å². The Bertz CT molecular complexity index is 1070. The van der Waals surface area contributed by atoms with Crippen LogP contribution in [0, 0.1) is 19.8 Å². The number of phenols is 1. The molecule has 9 nitrogen and oxygen atoms in total. The van der Waals surface area contributed by atoms with Gasteiger partial charge in [0.2, 0.25) is 0 Å². The smallest absolute Gasteiger partial charge is 0.269 e. The zero-order chi connectivity index (χ0) is 24.4. The molecule has 1 saturated heterocycles. The molecule has 1 amide bonds. The molecule has 0 bridgehead atoms. The van der Waals surface area contributed by atoms with Crippen molar-refractivity contribution in [3.8, 4) is 18.6 Å². The largest absolute Gasteiger partial charge is 0.505 e. The Morgan fingerprint density at radius 1 is 1.15 bits per heavy atom. The van der Waals surface area contributed by atoms with Gasteiger partial charge in [0.1, 0.15) is 11.5 Å². The zero-order valence-electron chi connectivity index (χ0n) is 19.0. The van der Waals surface area contributed by atoms with E-state index in [1.165, 1.54) is 0 Å². The summed E-state index contributed by atoms with van der Waals surface area (Å²) >= 11 is -1.77. The molecule has 2 aromatic rings. The minimum absolute atomic E-state index is 0.175. The van der Waals surface area contributed by atoms with Crippen LogP contribution in [0.5, 0.6) is 5.75 Å². The molecular weight excluding hydrogens is 442 g/mol. The summed E-state index contributed by atoms with van der Waals surface area (Å²) in [5.74, 6) is 1.60. The van der Waals surface area contributed by atoms with Crippen molar-refractivity contribution in [2.75, 3.05) is 18.4 Å². The van der Waals surface area contributed by atoms with Crippen LogP contribution in [0.15, 0.2) is 43.5 Å². The number of phenolic OH excluding ortho intramolecular Hbond substituents is 1. The van der Waals surface area contributed by atoms with E-state index >= 15 is 0 Å². The van der Waals surface area contributed by atoms with Gasteiger partial charge in [-0.2, -0.15) is 0 Å². The lowest BCUT2D eigenvalue weighted by atomic mass is 10.1. The van der Waals surface area contributed by atoms with E-state index in [-0.39, 0.29) is 34.6 Å². The number of benzene rings is 1. The van der Waals surface area contributed by atoms with Crippen LogP contribution >= 0.6 is 0 Å². The van der Waals surface area contributed by atoms with Gasteiger partial charge in [0.25, 0.3) is 17.1 Å². The number of hydrogen-bond acceptors (Lipinski definition) is 6. The number of para-hydroxylation sites is 1. The molecule has 1 fully saturated rings. The van der Waals surface area contributed by atoms with E-state index in [1.807, 2.05) is 32.9 Å². The van der Waals surface area contributed by atoms with Crippen molar-refractivity contribution in [3.63, 3.8) is 0 Å². The highest BCUT2D eigenvalue weighted by Gasteiger charge is 2.25. The lowest BCUT2D eigenvalue weighted by Crippen LogP contribution is -2.33. The number of anilines is 1. The van der Waals surface area contributed by atoms with E-state index in [0.717, 1.165) is 18.6 Å². The minimum Gasteiger partial charge on any atom is -0.505 e. The summed E-state index contributed by atoms with van der Waals surface area (Å²) in [6.45, 7) is 7.56. The number of likely N-dealkylation sites (tertiary alicyclic amines) is 1. The number of nitrogens with one attached hydrogen (secondary N) is 2. The molecule has 4 rings (SSSR count). The second-order valence-electron chi connectivity index (χ2n) is 6.80. The Morgan fingerprint density at radius 3 is 2.45 bits per heavy atom. The molecule has 3 N–H and O–H groups in total. The van der Waals surface area contributed by atoms with Gasteiger partial charge in [0, 0.05) is 13.1 Å². The quantitative estimate of drug-likeness (QED) is 0.464. The van der Waals surface area contributed by atoms with Gasteiger partial charge in [0.15, 0.2) is 17.4 Å². The third kappa shape index (κ3) is 6.46. The summed E-state index contributed by atoms with van der Waals surface area (Å²) < 4.78 is 25.2. The molecule has 1 unspecified atom stereocenters. The van der Waals surface area contributed by atoms with Gasteiger partial charge in [-0.3, -0.25) is 4.79 Å². The fraction of sp³-hybridized carbons (Fsp3) is 0.348. The summed E-state index contributed by atoms with van der Waals surface area (Å²) in [7, 11) is 0. The molecule has 2 aliphatic heterocycles. The molecule has 1 aromatic carbocycles. The summed E-state index contributed by atoms with van der Waals surface area (Å²) in [5, 5.41) is 16.6. The number of aromatic hydroxyl groups is 1. The third-order valence-corrected chi connectivity index (χ3v) is 5.38. The number of amidine groups is 2. The molecule has 10 heteroatoms. The summed E-state index contributed by atoms with van der Waals surface area (Å²) in [6.07, 6.45) is 9.93. The second kappa shape index (κ2) is 12.5. The van der Waals surface area contributed by atoms with Crippen molar-refractivity contribution in [3.05, 3.63) is 47.4 Å². The van der Waals surface area contributed by atoms with Crippen LogP contribution in [0.25, 0.3) is 0 Å². The monoisotopic (exact) mass is 471 g/mol. The van der Waals surface area contributed by atoms with Crippen molar-refractivity contribution in [2.24, 2.45) is 8.80 Å². The molecule has 0 saturated carbocycles. The molecule has 3 heterocycles. The predicted octanol–water partition coefficient (Wildman–Crippen LogP) is 3.40. The number of amides is 1. The van der Waals surface area contributed by atoms with E-state index in [9.17, 15) is 14.1 Å². The molecule has 1 aromatic heterocycles. The maximum atomic E-state index is 12.6. The first-order valence-corrected chi connectivity index (χ1v) is 11.7. The first-order chi connectivity index (χ1) is 16.0. The highest BCUT2D eigenvalue weighted by molar-refractivity contribution is 7.83. The van der Waals surface area contributed by atoms with Crippen molar-refractivity contribution >= 4 is 34.4 Å². The molecule has 33 heavy (non-hydrogen) atoms. The number of rotatable bonds is 4. The van der Waals surface area contributed by atoms with Crippen molar-refractivity contribution in [2.45, 2.75) is 40.2 Å². The summed E-state index contributed by atoms with van der Waals surface area (Å²) in [5.41, 5.74) is 0.505. The van der Waals surface area contributed by atoms with E-state index in [0.29, 0.717) is 25.4 Å². The predicted molar refractivity (Wildman–Crippen MR) is 131 cm³/mol. The Hall–Kier alpha value is -3.58. The van der Waals surface area contributed by atoms with Crippen molar-refractivity contribution in [1.82, 2.24) is 10.2 Å².